The highest BCUT2D eigenvalue weighted by Gasteiger charge is 2.12. The first-order valence-electron chi connectivity index (χ1n) is 2.93. The van der Waals surface area contributed by atoms with Gasteiger partial charge in [0, 0.05) is 3.57 Å². The summed E-state index contributed by atoms with van der Waals surface area (Å²) in [4.78, 5) is 10.6. The zero-order chi connectivity index (χ0) is 9.30. The second-order valence-electron chi connectivity index (χ2n) is 2.09. The van der Waals surface area contributed by atoms with E-state index in [1.165, 1.54) is 12.1 Å². The Labute approximate surface area is 96.1 Å². The van der Waals surface area contributed by atoms with Crippen molar-refractivity contribution >= 4 is 51.2 Å². The fourth-order valence-corrected chi connectivity index (χ4v) is 1.88. The first-order chi connectivity index (χ1) is 5.52. The lowest BCUT2D eigenvalue weighted by Gasteiger charge is -2.02. The summed E-state index contributed by atoms with van der Waals surface area (Å²) in [7, 11) is 0. The average molecular weight is 390 g/mol. The van der Waals surface area contributed by atoms with Crippen molar-refractivity contribution in [3.05, 3.63) is 24.8 Å². The lowest BCUT2D eigenvalue weighted by molar-refractivity contribution is 0.0695. The largest absolute Gasteiger partial charge is 0.507 e. The Morgan fingerprint density at radius 1 is 1.33 bits per heavy atom. The molecule has 1 rings (SSSR count). The van der Waals surface area contributed by atoms with Crippen LogP contribution in [0.1, 0.15) is 10.4 Å². The lowest BCUT2D eigenvalue weighted by Crippen LogP contribution is -2.00. The molecular weight excluding hydrogens is 386 g/mol. The maximum Gasteiger partial charge on any atom is 0.336 e. The van der Waals surface area contributed by atoms with Gasteiger partial charge in [-0.1, -0.05) is 0 Å². The molecule has 0 unspecified atom stereocenters. The lowest BCUT2D eigenvalue weighted by atomic mass is 10.2. The van der Waals surface area contributed by atoms with Crippen LogP contribution in [0.4, 0.5) is 0 Å². The molecule has 1 aromatic rings. The number of aromatic hydroxyl groups is 1. The van der Waals surface area contributed by atoms with Crippen LogP contribution in [-0.2, 0) is 0 Å². The second-order valence-corrected chi connectivity index (χ2v) is 4.42. The van der Waals surface area contributed by atoms with Gasteiger partial charge >= 0.3 is 5.97 Å². The van der Waals surface area contributed by atoms with Gasteiger partial charge in [-0.3, -0.25) is 0 Å². The molecule has 0 saturated carbocycles. The highest BCUT2D eigenvalue weighted by molar-refractivity contribution is 14.1. The summed E-state index contributed by atoms with van der Waals surface area (Å²) < 4.78 is 1.09. The van der Waals surface area contributed by atoms with E-state index >= 15 is 0 Å². The molecular formula is C7H4I2O3. The third-order valence-corrected chi connectivity index (χ3v) is 3.01. The van der Waals surface area contributed by atoms with Crippen molar-refractivity contribution in [1.29, 1.82) is 0 Å². The van der Waals surface area contributed by atoms with Crippen LogP contribution >= 0.6 is 45.2 Å². The number of aromatic carboxylic acids is 1. The highest BCUT2D eigenvalue weighted by Crippen LogP contribution is 2.26. The van der Waals surface area contributed by atoms with Gasteiger partial charge in [0.25, 0.3) is 0 Å². The van der Waals surface area contributed by atoms with Gasteiger partial charge in [-0.05, 0) is 57.3 Å². The Bertz CT molecular complexity index is 336. The first kappa shape index (κ1) is 10.0. The maximum absolute atomic E-state index is 10.6. The normalized spacial score (nSPS) is 9.83. The Hall–Kier alpha value is -0.0500. The van der Waals surface area contributed by atoms with Gasteiger partial charge in [-0.25, -0.2) is 4.79 Å². The van der Waals surface area contributed by atoms with Crippen molar-refractivity contribution in [3.8, 4) is 5.75 Å². The van der Waals surface area contributed by atoms with Gasteiger partial charge < -0.3 is 10.2 Å². The van der Waals surface area contributed by atoms with Crippen molar-refractivity contribution < 1.29 is 15.0 Å². The quantitative estimate of drug-likeness (QED) is 0.724. The molecule has 0 atom stereocenters. The van der Waals surface area contributed by atoms with Crippen LogP contribution in [0.15, 0.2) is 12.1 Å². The average Bonchev–Trinajstić information content (AvgIpc) is 1.96. The summed E-state index contributed by atoms with van der Waals surface area (Å²) in [5.41, 5.74) is 0.139. The molecule has 1 aromatic carbocycles. The number of hydrogen-bond acceptors (Lipinski definition) is 2. The molecule has 0 aliphatic heterocycles. The smallest absolute Gasteiger partial charge is 0.336 e. The highest BCUT2D eigenvalue weighted by atomic mass is 127. The van der Waals surface area contributed by atoms with E-state index in [4.69, 9.17) is 5.11 Å². The molecule has 0 aromatic heterocycles. The van der Waals surface area contributed by atoms with Gasteiger partial charge in [-0.2, -0.15) is 0 Å². The van der Waals surface area contributed by atoms with E-state index in [-0.39, 0.29) is 11.3 Å². The van der Waals surface area contributed by atoms with Crippen molar-refractivity contribution in [2.24, 2.45) is 0 Å². The molecule has 0 heterocycles. The maximum atomic E-state index is 10.6. The van der Waals surface area contributed by atoms with Crippen LogP contribution in [0.25, 0.3) is 0 Å². The molecule has 0 saturated heterocycles. The zero-order valence-electron chi connectivity index (χ0n) is 5.71. The predicted octanol–water partition coefficient (Wildman–Crippen LogP) is 2.30. The topological polar surface area (TPSA) is 57.5 Å². The van der Waals surface area contributed by atoms with Gasteiger partial charge in [0.1, 0.15) is 5.75 Å². The minimum absolute atomic E-state index is 0.0138. The van der Waals surface area contributed by atoms with E-state index in [9.17, 15) is 9.90 Å². The Kier molecular flexibility index (Phi) is 3.16. The molecule has 0 spiro atoms. The summed E-state index contributed by atoms with van der Waals surface area (Å²) in [6, 6.07) is 3.04. The van der Waals surface area contributed by atoms with Gasteiger partial charge in [-0.15, -0.1) is 0 Å². The monoisotopic (exact) mass is 390 g/mol. The standard InChI is InChI=1S/C7H4I2O3/c8-3-1-4(7(11)12)6(9)5(10)2-3/h1-2,10H,(H,11,12). The minimum Gasteiger partial charge on any atom is -0.507 e. The molecule has 12 heavy (non-hydrogen) atoms. The van der Waals surface area contributed by atoms with Crippen LogP contribution in [0.3, 0.4) is 0 Å². The summed E-state index contributed by atoms with van der Waals surface area (Å²) in [6.07, 6.45) is 0. The third-order valence-electron chi connectivity index (χ3n) is 1.25. The molecule has 5 heteroatoms. The minimum atomic E-state index is -1.02. The van der Waals surface area contributed by atoms with Crippen molar-refractivity contribution in [2.75, 3.05) is 0 Å². The molecule has 2 N–H and O–H groups in total. The molecule has 64 valence electrons. The first-order valence-corrected chi connectivity index (χ1v) is 5.09. The van der Waals surface area contributed by atoms with E-state index < -0.39 is 5.97 Å². The number of carboxylic acids is 1. The summed E-state index contributed by atoms with van der Waals surface area (Å²) in [6.45, 7) is 0. The molecule has 0 bridgehead atoms. The molecule has 3 nitrogen and oxygen atoms in total. The van der Waals surface area contributed by atoms with E-state index in [1.807, 2.05) is 22.6 Å². The Balaban J connectivity index is 3.37. The van der Waals surface area contributed by atoms with Crippen molar-refractivity contribution in [2.45, 2.75) is 0 Å². The zero-order valence-corrected chi connectivity index (χ0v) is 10.0. The second kappa shape index (κ2) is 3.77. The summed E-state index contributed by atoms with van der Waals surface area (Å²) >= 11 is 3.76. The van der Waals surface area contributed by atoms with E-state index in [0.717, 1.165) is 0 Å². The van der Waals surface area contributed by atoms with Crippen LogP contribution in [-0.4, -0.2) is 16.2 Å². The van der Waals surface area contributed by atoms with Crippen LogP contribution in [0, 0.1) is 7.14 Å². The van der Waals surface area contributed by atoms with Crippen LogP contribution in [0.5, 0.6) is 5.75 Å². The van der Waals surface area contributed by atoms with E-state index in [1.54, 1.807) is 22.6 Å². The fourth-order valence-electron chi connectivity index (χ4n) is 0.730. The molecule has 0 fully saturated rings. The molecule has 0 aliphatic rings. The molecule has 0 aliphatic carbocycles. The Morgan fingerprint density at radius 2 is 1.92 bits per heavy atom. The van der Waals surface area contributed by atoms with Crippen LogP contribution < -0.4 is 0 Å². The number of phenols is 1. The Morgan fingerprint density at radius 3 is 2.42 bits per heavy atom. The summed E-state index contributed by atoms with van der Waals surface area (Å²) in [5, 5.41) is 17.9. The molecule has 0 amide bonds. The van der Waals surface area contributed by atoms with Gasteiger partial charge in [0.15, 0.2) is 0 Å². The van der Waals surface area contributed by atoms with Gasteiger partial charge in [0.05, 0.1) is 9.13 Å². The van der Waals surface area contributed by atoms with E-state index in [2.05, 4.69) is 0 Å². The number of hydrogen-bond donors (Lipinski definition) is 2. The fraction of sp³-hybridized carbons (Fsp3) is 0. The number of halogens is 2. The third kappa shape index (κ3) is 2.00. The van der Waals surface area contributed by atoms with E-state index in [0.29, 0.717) is 7.14 Å². The number of carbonyl (C=O) groups is 1. The number of benzene rings is 1. The number of phenolic OH excluding ortho intramolecular Hbond substituents is 1. The number of rotatable bonds is 1. The van der Waals surface area contributed by atoms with Crippen molar-refractivity contribution in [3.63, 3.8) is 0 Å². The van der Waals surface area contributed by atoms with Gasteiger partial charge in [0.2, 0.25) is 0 Å². The number of carboxylic acid groups (broad SMARTS) is 1. The summed E-state index contributed by atoms with van der Waals surface area (Å²) in [5.74, 6) is -1.01. The van der Waals surface area contributed by atoms with Crippen LogP contribution in [0.2, 0.25) is 0 Å². The SMILES string of the molecule is O=C(O)c1cc(I)cc(O)c1I. The molecule has 0 radical (unpaired) electrons. The van der Waals surface area contributed by atoms with Crippen molar-refractivity contribution in [1.82, 2.24) is 0 Å². The predicted molar refractivity (Wildman–Crippen MR) is 60.5 cm³/mol.